The van der Waals surface area contributed by atoms with Gasteiger partial charge in [-0.05, 0) is 20.3 Å². The number of phenols is 1. The second-order valence-corrected chi connectivity index (χ2v) is 10.4. The van der Waals surface area contributed by atoms with Crippen molar-refractivity contribution >= 4 is 23.2 Å². The number of carbonyl (C=O) groups excluding carboxylic acids is 1. The molecule has 0 aromatic heterocycles. The Labute approximate surface area is 219 Å². The van der Waals surface area contributed by atoms with Crippen LogP contribution in [0.1, 0.15) is 124 Å². The minimum Gasteiger partial charge on any atom is -0.506 e. The number of ether oxygens (including phenoxy) is 1. The summed E-state index contributed by atoms with van der Waals surface area (Å²) in [7, 11) is 0. The van der Waals surface area contributed by atoms with Crippen LogP contribution in [0.3, 0.4) is 0 Å². The fourth-order valence-electron chi connectivity index (χ4n) is 4.20. The molecule has 0 unspecified atom stereocenters. The molecule has 0 heterocycles. The Morgan fingerprint density at radius 1 is 0.857 bits per heavy atom. The average molecular weight is 511 g/mol. The van der Waals surface area contributed by atoms with E-state index in [-0.39, 0.29) is 29.3 Å². The van der Waals surface area contributed by atoms with Gasteiger partial charge < -0.3 is 20.5 Å². The Balaban J connectivity index is 2.08. The number of carbonyl (C=O) groups is 1. The van der Waals surface area contributed by atoms with Crippen LogP contribution in [0.4, 0.5) is 5.69 Å². The zero-order valence-corrected chi connectivity index (χ0v) is 23.4. The molecule has 202 valence electrons. The van der Waals surface area contributed by atoms with Crippen LogP contribution in [-0.4, -0.2) is 30.2 Å². The zero-order chi connectivity index (χ0) is 25.7. The smallest absolute Gasteiger partial charge is 0.258 e. The SMILES string of the molecule is CCCCCCCCCCCCCCCCCCNc1cc(O)c(Cl)cc1OCC(=O)NC(C)C. The number of phenolic OH excluding ortho intramolecular Hbond substituents is 1. The van der Waals surface area contributed by atoms with E-state index in [2.05, 4.69) is 17.6 Å². The number of amides is 1. The third-order valence-electron chi connectivity index (χ3n) is 6.20. The van der Waals surface area contributed by atoms with Crippen molar-refractivity contribution in [2.45, 2.75) is 130 Å². The summed E-state index contributed by atoms with van der Waals surface area (Å²) in [5, 5.41) is 16.3. The summed E-state index contributed by atoms with van der Waals surface area (Å²) in [6.45, 7) is 6.78. The standard InChI is InChI=1S/C29H51ClN2O3/c1-4-5-6-7-8-9-10-11-12-13-14-15-16-17-18-19-20-31-26-22-27(33)25(30)21-28(26)35-23-29(34)32-24(2)3/h21-22,24,31,33H,4-20,23H2,1-3H3,(H,32,34). The van der Waals surface area contributed by atoms with Gasteiger partial charge >= 0.3 is 0 Å². The summed E-state index contributed by atoms with van der Waals surface area (Å²) >= 11 is 6.03. The number of hydrogen-bond acceptors (Lipinski definition) is 4. The summed E-state index contributed by atoms with van der Waals surface area (Å²) in [4.78, 5) is 11.9. The van der Waals surface area contributed by atoms with Gasteiger partial charge in [0.05, 0.1) is 10.7 Å². The number of benzene rings is 1. The van der Waals surface area contributed by atoms with E-state index in [9.17, 15) is 9.90 Å². The van der Waals surface area contributed by atoms with Crippen molar-refractivity contribution in [1.82, 2.24) is 5.32 Å². The molecule has 1 aromatic rings. The molecule has 5 nitrogen and oxygen atoms in total. The Bertz CT molecular complexity index is 682. The number of hydrogen-bond donors (Lipinski definition) is 3. The number of nitrogens with one attached hydrogen (secondary N) is 2. The first-order chi connectivity index (χ1) is 16.9. The molecule has 0 fully saturated rings. The Morgan fingerprint density at radius 3 is 1.83 bits per heavy atom. The van der Waals surface area contributed by atoms with E-state index in [0.717, 1.165) is 13.0 Å². The van der Waals surface area contributed by atoms with Crippen LogP contribution in [0, 0.1) is 0 Å². The van der Waals surface area contributed by atoms with Crippen molar-refractivity contribution in [1.29, 1.82) is 0 Å². The molecule has 1 aromatic carbocycles. The molecule has 0 bridgehead atoms. The summed E-state index contributed by atoms with van der Waals surface area (Å²) in [6, 6.07) is 3.17. The largest absolute Gasteiger partial charge is 0.506 e. The van der Waals surface area contributed by atoms with Crippen molar-refractivity contribution < 1.29 is 14.6 Å². The third-order valence-corrected chi connectivity index (χ3v) is 6.51. The van der Waals surface area contributed by atoms with Crippen LogP contribution in [0.25, 0.3) is 0 Å². The number of rotatable bonds is 22. The lowest BCUT2D eigenvalue weighted by atomic mass is 10.0. The highest BCUT2D eigenvalue weighted by molar-refractivity contribution is 6.32. The third kappa shape index (κ3) is 16.6. The van der Waals surface area contributed by atoms with Crippen molar-refractivity contribution in [3.63, 3.8) is 0 Å². The van der Waals surface area contributed by atoms with Gasteiger partial charge in [-0.1, -0.05) is 115 Å². The van der Waals surface area contributed by atoms with E-state index in [1.807, 2.05) is 13.8 Å². The lowest BCUT2D eigenvalue weighted by Crippen LogP contribution is -2.34. The monoisotopic (exact) mass is 510 g/mol. The second-order valence-electron chi connectivity index (χ2n) is 10.0. The Morgan fingerprint density at radius 2 is 1.34 bits per heavy atom. The second kappa shape index (κ2) is 20.6. The molecule has 1 amide bonds. The van der Waals surface area contributed by atoms with Gasteiger partial charge in [0.25, 0.3) is 5.91 Å². The first-order valence-corrected chi connectivity index (χ1v) is 14.5. The molecule has 0 aliphatic rings. The molecule has 0 radical (unpaired) electrons. The molecule has 0 spiro atoms. The van der Waals surface area contributed by atoms with E-state index >= 15 is 0 Å². The average Bonchev–Trinajstić information content (AvgIpc) is 2.81. The highest BCUT2D eigenvalue weighted by atomic mass is 35.5. The lowest BCUT2D eigenvalue weighted by Gasteiger charge is -2.15. The van der Waals surface area contributed by atoms with Gasteiger partial charge in [0.2, 0.25) is 0 Å². The molecule has 6 heteroatoms. The van der Waals surface area contributed by atoms with Gasteiger partial charge in [-0.2, -0.15) is 0 Å². The van der Waals surface area contributed by atoms with Crippen LogP contribution in [-0.2, 0) is 4.79 Å². The number of anilines is 1. The normalized spacial score (nSPS) is 11.1. The molecule has 0 aliphatic heterocycles. The molecule has 0 aliphatic carbocycles. The predicted molar refractivity (Wildman–Crippen MR) is 150 cm³/mol. The zero-order valence-electron chi connectivity index (χ0n) is 22.6. The van der Waals surface area contributed by atoms with Crippen molar-refractivity contribution in [3.05, 3.63) is 17.2 Å². The first kappa shape index (κ1) is 31.4. The van der Waals surface area contributed by atoms with Gasteiger partial charge in [0.1, 0.15) is 11.5 Å². The minimum atomic E-state index is -0.187. The van der Waals surface area contributed by atoms with Crippen LogP contribution < -0.4 is 15.4 Å². The molecule has 0 atom stereocenters. The van der Waals surface area contributed by atoms with Crippen LogP contribution in [0.5, 0.6) is 11.5 Å². The fourth-order valence-corrected chi connectivity index (χ4v) is 4.36. The number of halogens is 1. The molecule has 35 heavy (non-hydrogen) atoms. The Kier molecular flexibility index (Phi) is 18.5. The maximum absolute atomic E-state index is 11.9. The Hall–Kier alpha value is -1.62. The lowest BCUT2D eigenvalue weighted by molar-refractivity contribution is -0.123. The van der Waals surface area contributed by atoms with Gasteiger partial charge in [-0.15, -0.1) is 0 Å². The molecule has 0 saturated heterocycles. The highest BCUT2D eigenvalue weighted by Gasteiger charge is 2.12. The van der Waals surface area contributed by atoms with Gasteiger partial charge in [-0.25, -0.2) is 0 Å². The minimum absolute atomic E-state index is 0.000113. The molecule has 3 N–H and O–H groups in total. The molecule has 0 saturated carbocycles. The predicted octanol–water partition coefficient (Wildman–Crippen LogP) is 8.62. The topological polar surface area (TPSA) is 70.6 Å². The maximum Gasteiger partial charge on any atom is 0.258 e. The van der Waals surface area contributed by atoms with Gasteiger partial charge in [0, 0.05) is 24.7 Å². The first-order valence-electron chi connectivity index (χ1n) is 14.1. The van der Waals surface area contributed by atoms with Gasteiger partial charge in [-0.3, -0.25) is 4.79 Å². The van der Waals surface area contributed by atoms with E-state index in [1.165, 1.54) is 96.3 Å². The summed E-state index contributed by atoms with van der Waals surface area (Å²) in [5.41, 5.74) is 0.658. The van der Waals surface area contributed by atoms with Crippen molar-refractivity contribution in [2.75, 3.05) is 18.5 Å². The van der Waals surface area contributed by atoms with E-state index in [4.69, 9.17) is 16.3 Å². The van der Waals surface area contributed by atoms with Crippen molar-refractivity contribution in [2.24, 2.45) is 0 Å². The molecular formula is C29H51ClN2O3. The summed E-state index contributed by atoms with van der Waals surface area (Å²) in [5.74, 6) is 0.288. The molecular weight excluding hydrogens is 460 g/mol. The van der Waals surface area contributed by atoms with E-state index in [1.54, 1.807) is 12.1 Å². The number of aromatic hydroxyl groups is 1. The fraction of sp³-hybridized carbons (Fsp3) is 0.759. The molecule has 1 rings (SSSR count). The van der Waals surface area contributed by atoms with Crippen LogP contribution in [0.2, 0.25) is 5.02 Å². The van der Waals surface area contributed by atoms with Crippen LogP contribution in [0.15, 0.2) is 12.1 Å². The quantitative estimate of drug-likeness (QED) is 0.136. The van der Waals surface area contributed by atoms with Crippen LogP contribution >= 0.6 is 11.6 Å². The van der Waals surface area contributed by atoms with E-state index < -0.39 is 0 Å². The summed E-state index contributed by atoms with van der Waals surface area (Å²) < 4.78 is 5.65. The summed E-state index contributed by atoms with van der Waals surface area (Å²) in [6.07, 6.45) is 21.5. The number of unbranched alkanes of at least 4 members (excludes halogenated alkanes) is 15. The van der Waals surface area contributed by atoms with Crippen molar-refractivity contribution in [3.8, 4) is 11.5 Å². The van der Waals surface area contributed by atoms with Gasteiger partial charge in [0.15, 0.2) is 6.61 Å². The highest BCUT2D eigenvalue weighted by Crippen LogP contribution is 2.35. The maximum atomic E-state index is 11.9. The van der Waals surface area contributed by atoms with E-state index in [0.29, 0.717) is 11.4 Å².